The fraction of sp³-hybridized carbons (Fsp3) is 0.700. The van der Waals surface area contributed by atoms with Gasteiger partial charge >= 0.3 is 0 Å². The van der Waals surface area contributed by atoms with E-state index in [0.717, 1.165) is 57.3 Å². The van der Waals surface area contributed by atoms with E-state index in [1.165, 1.54) is 38.0 Å². The molecule has 0 spiro atoms. The van der Waals surface area contributed by atoms with E-state index < -0.39 is 0 Å². The van der Waals surface area contributed by atoms with Crippen molar-refractivity contribution >= 4 is 0 Å². The first-order valence-corrected chi connectivity index (χ1v) is 9.68. The molecule has 1 aliphatic carbocycles. The third-order valence-electron chi connectivity index (χ3n) is 6.12. The lowest BCUT2D eigenvalue weighted by Crippen LogP contribution is -2.43. The molecule has 4 nitrogen and oxygen atoms in total. The molecule has 0 radical (unpaired) electrons. The first kappa shape index (κ1) is 16.5. The second-order valence-corrected chi connectivity index (χ2v) is 7.70. The van der Waals surface area contributed by atoms with Crippen LogP contribution in [0.1, 0.15) is 18.4 Å². The summed E-state index contributed by atoms with van der Waals surface area (Å²) in [5.41, 5.74) is 1.45. The van der Waals surface area contributed by atoms with Gasteiger partial charge in [-0.1, -0.05) is 30.3 Å². The number of hydrogen-bond acceptors (Lipinski definition) is 4. The van der Waals surface area contributed by atoms with Crippen LogP contribution in [0.25, 0.3) is 0 Å². The van der Waals surface area contributed by atoms with Crippen LogP contribution < -0.4 is 5.32 Å². The lowest BCUT2D eigenvalue weighted by atomic mass is 9.98. The van der Waals surface area contributed by atoms with Crippen molar-refractivity contribution in [2.45, 2.75) is 25.4 Å². The summed E-state index contributed by atoms with van der Waals surface area (Å²) in [6.45, 7) is 10.00. The molecule has 24 heavy (non-hydrogen) atoms. The molecule has 1 saturated carbocycles. The van der Waals surface area contributed by atoms with Crippen LogP contribution >= 0.6 is 0 Å². The number of rotatable bonds is 6. The summed E-state index contributed by atoms with van der Waals surface area (Å²) < 4.78 is 5.43. The highest BCUT2D eigenvalue weighted by Crippen LogP contribution is 2.38. The highest BCUT2D eigenvalue weighted by Gasteiger charge is 2.42. The number of hydrogen-bond donors (Lipinski definition) is 1. The molecule has 0 aromatic heterocycles. The maximum absolute atomic E-state index is 5.43. The number of nitrogens with zero attached hydrogens (tertiary/aromatic N) is 2. The molecular weight excluding hydrogens is 298 g/mol. The number of nitrogens with one attached hydrogen (secondary N) is 1. The first-order valence-electron chi connectivity index (χ1n) is 9.68. The topological polar surface area (TPSA) is 27.7 Å². The summed E-state index contributed by atoms with van der Waals surface area (Å²) >= 11 is 0. The number of likely N-dealkylation sites (tertiary alicyclic amines) is 1. The Morgan fingerprint density at radius 1 is 1.00 bits per heavy atom. The van der Waals surface area contributed by atoms with Crippen LogP contribution in [0.15, 0.2) is 30.3 Å². The van der Waals surface area contributed by atoms with Gasteiger partial charge in [0.2, 0.25) is 0 Å². The van der Waals surface area contributed by atoms with Gasteiger partial charge in [-0.2, -0.15) is 0 Å². The van der Waals surface area contributed by atoms with E-state index in [9.17, 15) is 0 Å². The van der Waals surface area contributed by atoms with Crippen LogP contribution in [-0.4, -0.2) is 68.3 Å². The molecule has 1 aromatic carbocycles. The third kappa shape index (κ3) is 3.99. The molecule has 4 rings (SSSR count). The van der Waals surface area contributed by atoms with Crippen molar-refractivity contribution in [1.29, 1.82) is 0 Å². The minimum absolute atomic E-state index is 0.733. The second kappa shape index (κ2) is 7.96. The molecule has 2 aliphatic heterocycles. The molecule has 0 bridgehead atoms. The second-order valence-electron chi connectivity index (χ2n) is 7.70. The fourth-order valence-corrected chi connectivity index (χ4v) is 4.81. The lowest BCUT2D eigenvalue weighted by molar-refractivity contribution is 0.0379. The van der Waals surface area contributed by atoms with Crippen LogP contribution in [0.2, 0.25) is 0 Å². The Morgan fingerprint density at radius 3 is 2.67 bits per heavy atom. The van der Waals surface area contributed by atoms with E-state index in [1.54, 1.807) is 0 Å². The quantitative estimate of drug-likeness (QED) is 0.862. The van der Waals surface area contributed by atoms with Gasteiger partial charge in [-0.3, -0.25) is 9.80 Å². The van der Waals surface area contributed by atoms with Gasteiger partial charge in [0.05, 0.1) is 13.2 Å². The van der Waals surface area contributed by atoms with Gasteiger partial charge in [-0.25, -0.2) is 0 Å². The first-order chi connectivity index (χ1) is 11.9. The molecule has 3 fully saturated rings. The van der Waals surface area contributed by atoms with Gasteiger partial charge in [0.1, 0.15) is 0 Å². The Labute approximate surface area is 146 Å². The van der Waals surface area contributed by atoms with E-state index in [4.69, 9.17) is 4.74 Å². The molecule has 3 aliphatic rings. The van der Waals surface area contributed by atoms with E-state index in [0.29, 0.717) is 0 Å². The number of morpholine rings is 1. The Bertz CT molecular complexity index is 503. The zero-order valence-electron chi connectivity index (χ0n) is 14.7. The smallest absolute Gasteiger partial charge is 0.0594 e. The van der Waals surface area contributed by atoms with E-state index in [2.05, 4.69) is 45.4 Å². The van der Waals surface area contributed by atoms with Gasteiger partial charge in [0.25, 0.3) is 0 Å². The minimum Gasteiger partial charge on any atom is -0.379 e. The van der Waals surface area contributed by atoms with Crippen molar-refractivity contribution in [2.75, 3.05) is 52.5 Å². The molecular formula is C20H31N3O. The Kier molecular flexibility index (Phi) is 5.48. The van der Waals surface area contributed by atoms with E-state index in [1.807, 2.05) is 0 Å². The number of fused-ring (bicyclic) bond motifs is 1. The molecule has 3 atom stereocenters. The van der Waals surface area contributed by atoms with Crippen molar-refractivity contribution in [3.8, 4) is 0 Å². The summed E-state index contributed by atoms with van der Waals surface area (Å²) in [4.78, 5) is 5.19. The molecule has 2 saturated heterocycles. The normalized spacial score (nSPS) is 31.4. The van der Waals surface area contributed by atoms with Crippen LogP contribution in [0, 0.1) is 11.8 Å². The van der Waals surface area contributed by atoms with Crippen molar-refractivity contribution in [2.24, 2.45) is 11.8 Å². The maximum atomic E-state index is 5.43. The minimum atomic E-state index is 0.733. The van der Waals surface area contributed by atoms with E-state index >= 15 is 0 Å². The number of benzene rings is 1. The van der Waals surface area contributed by atoms with Crippen LogP contribution in [0.5, 0.6) is 0 Å². The van der Waals surface area contributed by atoms with Gasteiger partial charge in [-0.05, 0) is 30.2 Å². The Morgan fingerprint density at radius 2 is 1.83 bits per heavy atom. The van der Waals surface area contributed by atoms with Crippen molar-refractivity contribution in [3.05, 3.63) is 35.9 Å². The zero-order valence-corrected chi connectivity index (χ0v) is 14.7. The van der Waals surface area contributed by atoms with Crippen molar-refractivity contribution in [3.63, 3.8) is 0 Å². The van der Waals surface area contributed by atoms with Crippen molar-refractivity contribution < 1.29 is 4.74 Å². The molecule has 2 heterocycles. The van der Waals surface area contributed by atoms with Crippen molar-refractivity contribution in [1.82, 2.24) is 15.1 Å². The fourth-order valence-electron chi connectivity index (χ4n) is 4.81. The van der Waals surface area contributed by atoms with E-state index in [-0.39, 0.29) is 0 Å². The molecule has 4 heteroatoms. The molecule has 0 unspecified atom stereocenters. The summed E-state index contributed by atoms with van der Waals surface area (Å²) in [6.07, 6.45) is 2.78. The molecule has 0 amide bonds. The van der Waals surface area contributed by atoms with Crippen LogP contribution in [0.4, 0.5) is 0 Å². The predicted molar refractivity (Wildman–Crippen MR) is 97.0 cm³/mol. The average Bonchev–Trinajstić information content (AvgIpc) is 3.18. The van der Waals surface area contributed by atoms with Crippen LogP contribution in [-0.2, 0) is 11.3 Å². The Balaban J connectivity index is 1.22. The summed E-state index contributed by atoms with van der Waals surface area (Å²) in [7, 11) is 0. The Hall–Kier alpha value is -0.940. The molecule has 1 aromatic rings. The third-order valence-corrected chi connectivity index (χ3v) is 6.12. The van der Waals surface area contributed by atoms with Gasteiger partial charge in [0, 0.05) is 51.9 Å². The van der Waals surface area contributed by atoms with Gasteiger partial charge in [-0.15, -0.1) is 0 Å². The van der Waals surface area contributed by atoms with Crippen LogP contribution in [0.3, 0.4) is 0 Å². The van der Waals surface area contributed by atoms with Gasteiger partial charge in [0.15, 0.2) is 0 Å². The maximum Gasteiger partial charge on any atom is 0.0594 e. The van der Waals surface area contributed by atoms with Gasteiger partial charge < -0.3 is 10.1 Å². The SMILES string of the molecule is c1ccc(CN2C[C@H]3CC[C@@H](NCCN4CCOCC4)[C@@H]3C2)cc1. The monoisotopic (exact) mass is 329 g/mol. The highest BCUT2D eigenvalue weighted by molar-refractivity contribution is 5.15. The standard InChI is InChI=1S/C20H31N3O/c1-2-4-17(5-3-1)14-23-15-18-6-7-20(19(18)16-23)21-8-9-22-10-12-24-13-11-22/h1-5,18-21H,6-16H2/t18-,19-,20-/m1/s1. The largest absolute Gasteiger partial charge is 0.379 e. The highest BCUT2D eigenvalue weighted by atomic mass is 16.5. The zero-order chi connectivity index (χ0) is 16.2. The predicted octanol–water partition coefficient (Wildman–Crippen LogP) is 1.82. The summed E-state index contributed by atoms with van der Waals surface area (Å²) in [5.74, 6) is 1.77. The summed E-state index contributed by atoms with van der Waals surface area (Å²) in [5, 5.41) is 3.88. The molecule has 1 N–H and O–H groups in total. The molecule has 132 valence electrons. The average molecular weight is 329 g/mol. The lowest BCUT2D eigenvalue weighted by Gasteiger charge is -2.28. The number of ether oxygens (including phenoxy) is 1. The summed E-state index contributed by atoms with van der Waals surface area (Å²) in [6, 6.07) is 11.7.